The van der Waals surface area contributed by atoms with E-state index in [9.17, 15) is 4.39 Å². The summed E-state index contributed by atoms with van der Waals surface area (Å²) in [6.07, 6.45) is 3.22. The summed E-state index contributed by atoms with van der Waals surface area (Å²) < 4.78 is 14.7. The fraction of sp³-hybridized carbons (Fsp3) is 0. The molecule has 1 aromatic heterocycles. The van der Waals surface area contributed by atoms with Gasteiger partial charge >= 0.3 is 0 Å². The Morgan fingerprint density at radius 1 is 1.31 bits per heavy atom. The molecule has 2 nitrogen and oxygen atoms in total. The number of aromatic nitrogens is 2. The van der Waals surface area contributed by atoms with Gasteiger partial charge in [0.15, 0.2) is 0 Å². The van der Waals surface area contributed by atoms with E-state index in [0.29, 0.717) is 10.6 Å². The summed E-state index contributed by atoms with van der Waals surface area (Å²) in [5, 5.41) is 3.95. The summed E-state index contributed by atoms with van der Waals surface area (Å²) in [4.78, 5) is 0.711. The minimum atomic E-state index is -0.293. The van der Waals surface area contributed by atoms with Crippen molar-refractivity contribution in [1.29, 1.82) is 0 Å². The molecule has 0 atom stereocenters. The molecule has 0 radical (unpaired) electrons. The molecular weight excluding hydrogens is 187 g/mol. The van der Waals surface area contributed by atoms with Gasteiger partial charge in [0.2, 0.25) is 0 Å². The van der Waals surface area contributed by atoms with Crippen LogP contribution < -0.4 is 0 Å². The van der Waals surface area contributed by atoms with Crippen molar-refractivity contribution in [2.75, 3.05) is 0 Å². The number of benzene rings is 1. The second-order valence-corrected chi connectivity index (χ2v) is 3.11. The molecule has 0 fully saturated rings. The quantitative estimate of drug-likeness (QED) is 0.690. The molecule has 4 heteroatoms. The summed E-state index contributed by atoms with van der Waals surface area (Å²) >= 11 is 4.08. The number of halogens is 1. The zero-order valence-corrected chi connectivity index (χ0v) is 7.58. The molecule has 13 heavy (non-hydrogen) atoms. The average Bonchev–Trinajstić information content (AvgIpc) is 2.53. The number of para-hydroxylation sites is 1. The highest BCUT2D eigenvalue weighted by atomic mass is 32.1. The smallest absolute Gasteiger partial charge is 0.148 e. The third kappa shape index (κ3) is 1.58. The molecule has 0 N–H and O–H groups in total. The Balaban J connectivity index is 2.52. The van der Waals surface area contributed by atoms with Crippen LogP contribution in [0, 0.1) is 5.82 Å². The number of thiol groups is 1. The fourth-order valence-corrected chi connectivity index (χ4v) is 1.24. The van der Waals surface area contributed by atoms with Gasteiger partial charge in [-0.1, -0.05) is 12.1 Å². The molecule has 0 bridgehead atoms. The van der Waals surface area contributed by atoms with Crippen LogP contribution in [0.5, 0.6) is 0 Å². The number of nitrogens with zero attached hydrogens (tertiary/aromatic N) is 2. The Morgan fingerprint density at radius 2 is 2.08 bits per heavy atom. The minimum Gasteiger partial charge on any atom is -0.237 e. The number of hydrogen-bond acceptors (Lipinski definition) is 2. The van der Waals surface area contributed by atoms with Crippen LogP contribution in [0.25, 0.3) is 5.69 Å². The molecule has 0 unspecified atom stereocenters. The summed E-state index contributed by atoms with van der Waals surface area (Å²) in [6, 6.07) is 6.47. The van der Waals surface area contributed by atoms with E-state index < -0.39 is 0 Å². The molecule has 2 rings (SSSR count). The van der Waals surface area contributed by atoms with Gasteiger partial charge in [0, 0.05) is 11.1 Å². The van der Waals surface area contributed by atoms with Crippen LogP contribution in [0.3, 0.4) is 0 Å². The first-order valence-electron chi connectivity index (χ1n) is 3.76. The maximum atomic E-state index is 13.2. The summed E-state index contributed by atoms with van der Waals surface area (Å²) in [5.41, 5.74) is 0.433. The van der Waals surface area contributed by atoms with E-state index in [1.807, 2.05) is 0 Å². The molecule has 0 aliphatic carbocycles. The van der Waals surface area contributed by atoms with Crippen LogP contribution >= 0.6 is 12.6 Å². The second-order valence-electron chi connectivity index (χ2n) is 2.59. The molecule has 2 aromatic rings. The summed E-state index contributed by atoms with van der Waals surface area (Å²) in [6.45, 7) is 0. The van der Waals surface area contributed by atoms with Crippen molar-refractivity contribution in [1.82, 2.24) is 9.78 Å². The molecule has 1 heterocycles. The van der Waals surface area contributed by atoms with Crippen molar-refractivity contribution < 1.29 is 4.39 Å². The van der Waals surface area contributed by atoms with Gasteiger partial charge in [0.05, 0.1) is 6.20 Å². The highest BCUT2D eigenvalue weighted by Crippen LogP contribution is 2.13. The molecule has 66 valence electrons. The second kappa shape index (κ2) is 3.22. The molecular formula is C9H7FN2S. The molecule has 0 aliphatic rings. The average molecular weight is 194 g/mol. The highest BCUT2D eigenvalue weighted by Gasteiger charge is 2.03. The molecule has 0 saturated heterocycles. The molecule has 1 aromatic carbocycles. The largest absolute Gasteiger partial charge is 0.237 e. The summed E-state index contributed by atoms with van der Waals surface area (Å²) in [5.74, 6) is -0.293. The van der Waals surface area contributed by atoms with Crippen LogP contribution in [0.2, 0.25) is 0 Å². The Labute approximate surface area is 80.4 Å². The maximum absolute atomic E-state index is 13.2. The molecule has 0 amide bonds. The number of rotatable bonds is 1. The van der Waals surface area contributed by atoms with Gasteiger partial charge < -0.3 is 0 Å². The van der Waals surface area contributed by atoms with Crippen molar-refractivity contribution in [3.05, 3.63) is 42.5 Å². The lowest BCUT2D eigenvalue weighted by molar-refractivity contribution is 0.611. The Hall–Kier alpha value is -1.29. The molecule has 0 spiro atoms. The molecule has 0 saturated carbocycles. The minimum absolute atomic E-state index is 0.293. The first kappa shape index (κ1) is 8.31. The van der Waals surface area contributed by atoms with Crippen molar-refractivity contribution in [2.24, 2.45) is 0 Å². The number of hydrogen-bond donors (Lipinski definition) is 1. The van der Waals surface area contributed by atoms with Crippen LogP contribution in [-0.4, -0.2) is 9.78 Å². The van der Waals surface area contributed by atoms with Crippen LogP contribution in [0.4, 0.5) is 4.39 Å². The lowest BCUT2D eigenvalue weighted by atomic mass is 10.3. The zero-order valence-electron chi connectivity index (χ0n) is 6.68. The lowest BCUT2D eigenvalue weighted by Gasteiger charge is -2.00. The van der Waals surface area contributed by atoms with Gasteiger partial charge in [-0.15, -0.1) is 12.6 Å². The maximum Gasteiger partial charge on any atom is 0.148 e. The highest BCUT2D eigenvalue weighted by molar-refractivity contribution is 7.80. The monoisotopic (exact) mass is 194 g/mol. The van der Waals surface area contributed by atoms with E-state index >= 15 is 0 Å². The predicted octanol–water partition coefficient (Wildman–Crippen LogP) is 2.30. The standard InChI is InChI=1S/C9H7FN2S/c10-8-3-1-2-4-9(8)12-6-7(13)5-11-12/h1-6,13H. The van der Waals surface area contributed by atoms with E-state index in [1.165, 1.54) is 10.7 Å². The van der Waals surface area contributed by atoms with E-state index in [4.69, 9.17) is 0 Å². The lowest BCUT2D eigenvalue weighted by Crippen LogP contribution is -1.96. The predicted molar refractivity (Wildman–Crippen MR) is 50.8 cm³/mol. The van der Waals surface area contributed by atoms with Gasteiger partial charge in [-0.05, 0) is 12.1 Å². The van der Waals surface area contributed by atoms with Gasteiger partial charge in [0.1, 0.15) is 11.5 Å². The third-order valence-electron chi connectivity index (χ3n) is 1.67. The van der Waals surface area contributed by atoms with Crippen LogP contribution in [-0.2, 0) is 0 Å². The van der Waals surface area contributed by atoms with Gasteiger partial charge in [-0.3, -0.25) is 0 Å². The van der Waals surface area contributed by atoms with Gasteiger partial charge in [-0.2, -0.15) is 5.10 Å². The van der Waals surface area contributed by atoms with Crippen molar-refractivity contribution in [2.45, 2.75) is 4.90 Å². The van der Waals surface area contributed by atoms with E-state index in [1.54, 1.807) is 30.6 Å². The van der Waals surface area contributed by atoms with Gasteiger partial charge in [-0.25, -0.2) is 9.07 Å². The van der Waals surface area contributed by atoms with Crippen molar-refractivity contribution in [3.63, 3.8) is 0 Å². The van der Waals surface area contributed by atoms with E-state index in [-0.39, 0.29) is 5.82 Å². The first-order valence-corrected chi connectivity index (χ1v) is 4.20. The SMILES string of the molecule is Fc1ccccc1-n1cc(S)cn1. The van der Waals surface area contributed by atoms with E-state index in [2.05, 4.69) is 17.7 Å². The molecule has 0 aliphatic heterocycles. The van der Waals surface area contributed by atoms with Crippen LogP contribution in [0.1, 0.15) is 0 Å². The first-order chi connectivity index (χ1) is 6.27. The summed E-state index contributed by atoms with van der Waals surface area (Å²) in [7, 11) is 0. The Morgan fingerprint density at radius 3 is 2.69 bits per heavy atom. The zero-order chi connectivity index (χ0) is 9.26. The topological polar surface area (TPSA) is 17.8 Å². The Kier molecular flexibility index (Phi) is 2.06. The van der Waals surface area contributed by atoms with Crippen molar-refractivity contribution >= 4 is 12.6 Å². The third-order valence-corrected chi connectivity index (χ3v) is 1.90. The van der Waals surface area contributed by atoms with Gasteiger partial charge in [0.25, 0.3) is 0 Å². The van der Waals surface area contributed by atoms with E-state index in [0.717, 1.165) is 0 Å². The van der Waals surface area contributed by atoms with Crippen molar-refractivity contribution in [3.8, 4) is 5.69 Å². The van der Waals surface area contributed by atoms with Crippen LogP contribution in [0.15, 0.2) is 41.6 Å². The normalized spacial score (nSPS) is 10.3. The fourth-order valence-electron chi connectivity index (χ4n) is 1.08. The Bertz CT molecular complexity index is 425.